The van der Waals surface area contributed by atoms with Gasteiger partial charge in [-0.3, -0.25) is 9.69 Å². The first-order valence-corrected chi connectivity index (χ1v) is 11.7. The second-order valence-corrected chi connectivity index (χ2v) is 9.76. The predicted molar refractivity (Wildman–Crippen MR) is 107 cm³/mol. The van der Waals surface area contributed by atoms with Crippen LogP contribution in [0, 0.1) is 6.92 Å². The molecule has 6 nitrogen and oxygen atoms in total. The van der Waals surface area contributed by atoms with Crippen LogP contribution < -0.4 is 0 Å². The summed E-state index contributed by atoms with van der Waals surface area (Å²) in [6, 6.07) is 8.07. The number of hydrogen-bond donors (Lipinski definition) is 0. The highest BCUT2D eigenvalue weighted by Gasteiger charge is 2.37. The van der Waals surface area contributed by atoms with Gasteiger partial charge in [0.15, 0.2) is 0 Å². The Balaban J connectivity index is 1.61. The number of amides is 1. The quantitative estimate of drug-likeness (QED) is 0.783. The van der Waals surface area contributed by atoms with E-state index >= 15 is 0 Å². The summed E-state index contributed by atoms with van der Waals surface area (Å²) in [5.74, 6) is -0.0164. The summed E-state index contributed by atoms with van der Waals surface area (Å²) in [6.45, 7) is 6.59. The van der Waals surface area contributed by atoms with Crippen LogP contribution in [-0.2, 0) is 21.4 Å². The molecule has 0 aromatic heterocycles. The molecule has 27 heavy (non-hydrogen) atoms. The first-order valence-electron chi connectivity index (χ1n) is 9.88. The zero-order valence-electron chi connectivity index (χ0n) is 16.4. The Morgan fingerprint density at radius 3 is 2.44 bits per heavy atom. The van der Waals surface area contributed by atoms with E-state index in [9.17, 15) is 13.2 Å². The Bertz CT molecular complexity index is 748. The molecule has 0 aliphatic carbocycles. The first-order chi connectivity index (χ1) is 12.8. The minimum absolute atomic E-state index is 0.0164. The van der Waals surface area contributed by atoms with Gasteiger partial charge in [-0.1, -0.05) is 36.2 Å². The van der Waals surface area contributed by atoms with Gasteiger partial charge in [-0.15, -0.1) is 0 Å². The van der Waals surface area contributed by atoms with E-state index in [0.717, 1.165) is 38.9 Å². The maximum Gasteiger partial charge on any atom is 0.241 e. The molecule has 0 N–H and O–H groups in total. The molecular formula is C20H31N3O3S. The molecule has 2 fully saturated rings. The van der Waals surface area contributed by atoms with Gasteiger partial charge in [0.05, 0.1) is 6.26 Å². The largest absolute Gasteiger partial charge is 0.340 e. The maximum absolute atomic E-state index is 13.1. The van der Waals surface area contributed by atoms with Crippen LogP contribution >= 0.6 is 0 Å². The van der Waals surface area contributed by atoms with Gasteiger partial charge < -0.3 is 4.90 Å². The third-order valence-electron chi connectivity index (χ3n) is 5.59. The summed E-state index contributed by atoms with van der Waals surface area (Å²) in [6.07, 6.45) is 4.51. The molecule has 1 aromatic rings. The van der Waals surface area contributed by atoms with E-state index in [1.54, 1.807) is 0 Å². The fourth-order valence-corrected chi connectivity index (χ4v) is 5.18. The Kier molecular flexibility index (Phi) is 6.55. The number of carbonyl (C=O) groups excluding carboxylic acids is 1. The molecule has 0 spiro atoms. The average Bonchev–Trinajstić information content (AvgIpc) is 2.88. The Hall–Kier alpha value is -1.44. The van der Waals surface area contributed by atoms with Crippen molar-refractivity contribution >= 4 is 15.9 Å². The molecule has 2 aliphatic heterocycles. The number of aryl methyl sites for hydroxylation is 1. The number of rotatable bonds is 4. The number of nitrogens with zero attached hydrogens (tertiary/aromatic N) is 3. The summed E-state index contributed by atoms with van der Waals surface area (Å²) in [5, 5.41) is 0. The van der Waals surface area contributed by atoms with Crippen LogP contribution in [0.1, 0.15) is 36.8 Å². The zero-order chi connectivity index (χ0) is 19.4. The minimum Gasteiger partial charge on any atom is -0.340 e. The SMILES string of the molecule is Cc1ccc(CN2CCCN(C(=O)[C@@H]3CCCCN3S(C)(=O)=O)CC2)cc1. The van der Waals surface area contributed by atoms with E-state index in [2.05, 4.69) is 36.1 Å². The van der Waals surface area contributed by atoms with Crippen molar-refractivity contribution in [2.75, 3.05) is 39.0 Å². The number of sulfonamides is 1. The lowest BCUT2D eigenvalue weighted by atomic mass is 10.0. The highest BCUT2D eigenvalue weighted by molar-refractivity contribution is 7.88. The Labute approximate surface area is 163 Å². The number of benzene rings is 1. The van der Waals surface area contributed by atoms with Crippen molar-refractivity contribution in [3.63, 3.8) is 0 Å². The Morgan fingerprint density at radius 2 is 1.74 bits per heavy atom. The van der Waals surface area contributed by atoms with E-state index in [1.165, 1.54) is 21.7 Å². The zero-order valence-corrected chi connectivity index (χ0v) is 17.2. The molecule has 150 valence electrons. The lowest BCUT2D eigenvalue weighted by Crippen LogP contribution is -2.53. The van der Waals surface area contributed by atoms with E-state index < -0.39 is 16.1 Å². The minimum atomic E-state index is -3.35. The average molecular weight is 394 g/mol. The standard InChI is InChI=1S/C20H31N3O3S/c1-17-7-9-18(10-8-17)16-21-11-5-12-22(15-14-21)20(24)19-6-3-4-13-23(19)27(2,25)26/h7-10,19H,3-6,11-16H2,1-2H3/t19-/m0/s1. The van der Waals surface area contributed by atoms with Crippen molar-refractivity contribution in [3.8, 4) is 0 Å². The summed E-state index contributed by atoms with van der Waals surface area (Å²) in [4.78, 5) is 17.3. The molecule has 0 radical (unpaired) electrons. The van der Waals surface area contributed by atoms with Crippen molar-refractivity contribution in [2.24, 2.45) is 0 Å². The maximum atomic E-state index is 13.1. The third-order valence-corrected chi connectivity index (χ3v) is 6.88. The fourth-order valence-electron chi connectivity index (χ4n) is 4.06. The molecule has 2 heterocycles. The van der Waals surface area contributed by atoms with Gasteiger partial charge in [0, 0.05) is 39.3 Å². The van der Waals surface area contributed by atoms with Crippen molar-refractivity contribution in [1.29, 1.82) is 0 Å². The number of carbonyl (C=O) groups is 1. The molecule has 1 amide bonds. The van der Waals surface area contributed by atoms with Crippen LogP contribution in [0.25, 0.3) is 0 Å². The topological polar surface area (TPSA) is 60.9 Å². The monoisotopic (exact) mass is 393 g/mol. The molecule has 1 aromatic carbocycles. The molecular weight excluding hydrogens is 362 g/mol. The van der Waals surface area contributed by atoms with Crippen LogP contribution in [0.15, 0.2) is 24.3 Å². The highest BCUT2D eigenvalue weighted by Crippen LogP contribution is 2.22. The highest BCUT2D eigenvalue weighted by atomic mass is 32.2. The van der Waals surface area contributed by atoms with Gasteiger partial charge in [-0.05, 0) is 31.7 Å². The van der Waals surface area contributed by atoms with E-state index in [0.29, 0.717) is 26.1 Å². The molecule has 2 saturated heterocycles. The molecule has 3 rings (SSSR count). The molecule has 1 atom stereocenters. The van der Waals surface area contributed by atoms with Crippen molar-refractivity contribution in [1.82, 2.24) is 14.1 Å². The van der Waals surface area contributed by atoms with E-state index in [1.807, 2.05) is 4.90 Å². The van der Waals surface area contributed by atoms with Crippen LogP contribution in [0.5, 0.6) is 0 Å². The van der Waals surface area contributed by atoms with Crippen LogP contribution in [0.4, 0.5) is 0 Å². The predicted octanol–water partition coefficient (Wildman–Crippen LogP) is 1.84. The molecule has 0 unspecified atom stereocenters. The second kappa shape index (κ2) is 8.71. The lowest BCUT2D eigenvalue weighted by Gasteiger charge is -2.35. The third kappa shape index (κ3) is 5.30. The van der Waals surface area contributed by atoms with Crippen LogP contribution in [-0.4, -0.2) is 73.5 Å². The molecule has 0 saturated carbocycles. The van der Waals surface area contributed by atoms with Gasteiger partial charge in [-0.2, -0.15) is 4.31 Å². The van der Waals surface area contributed by atoms with Gasteiger partial charge in [0.2, 0.25) is 15.9 Å². The summed E-state index contributed by atoms with van der Waals surface area (Å²) in [5.41, 5.74) is 2.55. The van der Waals surface area contributed by atoms with Gasteiger partial charge in [-0.25, -0.2) is 8.42 Å². The number of hydrogen-bond acceptors (Lipinski definition) is 4. The van der Waals surface area contributed by atoms with Crippen molar-refractivity contribution < 1.29 is 13.2 Å². The van der Waals surface area contributed by atoms with Crippen LogP contribution in [0.2, 0.25) is 0 Å². The van der Waals surface area contributed by atoms with Gasteiger partial charge in [0.25, 0.3) is 0 Å². The molecule has 2 aliphatic rings. The smallest absolute Gasteiger partial charge is 0.241 e. The summed E-state index contributed by atoms with van der Waals surface area (Å²) < 4.78 is 25.6. The number of piperidine rings is 1. The van der Waals surface area contributed by atoms with Crippen molar-refractivity contribution in [3.05, 3.63) is 35.4 Å². The molecule has 0 bridgehead atoms. The second-order valence-electron chi connectivity index (χ2n) is 7.83. The van der Waals surface area contributed by atoms with Crippen LogP contribution in [0.3, 0.4) is 0 Å². The summed E-state index contributed by atoms with van der Waals surface area (Å²) >= 11 is 0. The molecule has 7 heteroatoms. The van der Waals surface area contributed by atoms with Gasteiger partial charge in [0.1, 0.15) is 6.04 Å². The first kappa shape index (κ1) is 20.3. The van der Waals surface area contributed by atoms with Gasteiger partial charge >= 0.3 is 0 Å². The Morgan fingerprint density at radius 1 is 1.00 bits per heavy atom. The fraction of sp³-hybridized carbons (Fsp3) is 0.650. The van der Waals surface area contributed by atoms with E-state index in [4.69, 9.17) is 0 Å². The lowest BCUT2D eigenvalue weighted by molar-refractivity contribution is -0.136. The summed E-state index contributed by atoms with van der Waals surface area (Å²) in [7, 11) is -3.35. The van der Waals surface area contributed by atoms with Crippen molar-refractivity contribution in [2.45, 2.75) is 45.2 Å². The normalized spacial score (nSPS) is 23.2. The van der Waals surface area contributed by atoms with E-state index in [-0.39, 0.29) is 5.91 Å².